The van der Waals surface area contributed by atoms with Crippen LogP contribution in [0.1, 0.15) is 29.9 Å². The molecule has 3 rings (SSSR count). The number of aromatic nitrogens is 2. The second-order valence-electron chi connectivity index (χ2n) is 7.16. The van der Waals surface area contributed by atoms with Crippen LogP contribution in [0.4, 0.5) is 5.69 Å². The quantitative estimate of drug-likeness (QED) is 0.738. The number of nitrogens with one attached hydrogen (secondary N) is 1. The van der Waals surface area contributed by atoms with Crippen molar-refractivity contribution in [2.24, 2.45) is 5.92 Å². The third-order valence-electron chi connectivity index (χ3n) is 4.33. The van der Waals surface area contributed by atoms with E-state index < -0.39 is 0 Å². The lowest BCUT2D eigenvalue weighted by atomic mass is 10.1. The second-order valence-corrected chi connectivity index (χ2v) is 7.16. The zero-order valence-electron chi connectivity index (χ0n) is 15.9. The molecule has 1 aromatic heterocycles. The van der Waals surface area contributed by atoms with Gasteiger partial charge in [-0.25, -0.2) is 0 Å². The van der Waals surface area contributed by atoms with E-state index in [0.29, 0.717) is 18.0 Å². The molecule has 136 valence electrons. The molecule has 0 unspecified atom stereocenters. The third kappa shape index (κ3) is 3.87. The van der Waals surface area contributed by atoms with Crippen LogP contribution < -0.4 is 10.2 Å². The molecular weight excluding hydrogens is 324 g/mol. The Morgan fingerprint density at radius 3 is 2.46 bits per heavy atom. The Morgan fingerprint density at radius 1 is 1.12 bits per heavy atom. The SMILES string of the molecule is CC(C)Cn1nc(CNC(=O)c2ccc(N(C)C)cc2)c2ccccc21. The van der Waals surface area contributed by atoms with Gasteiger partial charge >= 0.3 is 0 Å². The number of amides is 1. The van der Waals surface area contributed by atoms with E-state index in [9.17, 15) is 4.79 Å². The van der Waals surface area contributed by atoms with Crippen molar-refractivity contribution >= 4 is 22.5 Å². The summed E-state index contributed by atoms with van der Waals surface area (Å²) in [6.07, 6.45) is 0. The number of anilines is 1. The summed E-state index contributed by atoms with van der Waals surface area (Å²) >= 11 is 0. The normalized spacial score (nSPS) is 11.1. The largest absolute Gasteiger partial charge is 0.378 e. The van der Waals surface area contributed by atoms with E-state index in [-0.39, 0.29) is 5.91 Å². The fourth-order valence-corrected chi connectivity index (χ4v) is 2.99. The van der Waals surface area contributed by atoms with Crippen molar-refractivity contribution in [3.8, 4) is 0 Å². The predicted molar refractivity (Wildman–Crippen MR) is 107 cm³/mol. The Morgan fingerprint density at radius 2 is 1.81 bits per heavy atom. The summed E-state index contributed by atoms with van der Waals surface area (Å²) in [5.41, 5.74) is 3.74. The molecule has 0 bridgehead atoms. The number of carbonyl (C=O) groups excluding carboxylic acids is 1. The molecule has 0 radical (unpaired) electrons. The molecule has 0 aliphatic carbocycles. The molecule has 0 spiro atoms. The second kappa shape index (κ2) is 7.60. The van der Waals surface area contributed by atoms with Gasteiger partial charge in [0.1, 0.15) is 0 Å². The highest BCUT2D eigenvalue weighted by atomic mass is 16.1. The van der Waals surface area contributed by atoms with Gasteiger partial charge < -0.3 is 10.2 Å². The van der Waals surface area contributed by atoms with Crippen molar-refractivity contribution in [2.45, 2.75) is 26.9 Å². The summed E-state index contributed by atoms with van der Waals surface area (Å²) in [4.78, 5) is 14.5. The minimum absolute atomic E-state index is 0.0854. The van der Waals surface area contributed by atoms with Gasteiger partial charge in [0.25, 0.3) is 5.91 Å². The minimum Gasteiger partial charge on any atom is -0.378 e. The number of nitrogens with zero attached hydrogens (tertiary/aromatic N) is 3. The van der Waals surface area contributed by atoms with Crippen LogP contribution in [-0.4, -0.2) is 29.8 Å². The number of benzene rings is 2. The van der Waals surface area contributed by atoms with E-state index in [1.54, 1.807) is 0 Å². The van der Waals surface area contributed by atoms with Crippen LogP contribution in [0.25, 0.3) is 10.9 Å². The van der Waals surface area contributed by atoms with Crippen molar-refractivity contribution in [3.63, 3.8) is 0 Å². The number of hydrogen-bond donors (Lipinski definition) is 1. The third-order valence-corrected chi connectivity index (χ3v) is 4.33. The summed E-state index contributed by atoms with van der Waals surface area (Å²) in [5, 5.41) is 8.82. The van der Waals surface area contributed by atoms with Gasteiger partial charge in [0.05, 0.1) is 17.8 Å². The number of rotatable bonds is 6. The van der Waals surface area contributed by atoms with Crippen LogP contribution in [-0.2, 0) is 13.1 Å². The van der Waals surface area contributed by atoms with Gasteiger partial charge in [0.2, 0.25) is 0 Å². The molecule has 0 aliphatic heterocycles. The zero-order valence-corrected chi connectivity index (χ0v) is 15.9. The van der Waals surface area contributed by atoms with Crippen LogP contribution >= 0.6 is 0 Å². The van der Waals surface area contributed by atoms with Gasteiger partial charge in [-0.1, -0.05) is 32.0 Å². The molecule has 2 aromatic carbocycles. The van der Waals surface area contributed by atoms with Crippen LogP contribution in [0.15, 0.2) is 48.5 Å². The molecule has 0 aliphatic rings. The number of carbonyl (C=O) groups is 1. The van der Waals surface area contributed by atoms with Crippen LogP contribution in [0.2, 0.25) is 0 Å². The molecule has 0 atom stereocenters. The summed E-state index contributed by atoms with van der Waals surface area (Å²) in [5.74, 6) is 0.425. The maximum absolute atomic E-state index is 12.5. The first-order valence-corrected chi connectivity index (χ1v) is 8.95. The van der Waals surface area contributed by atoms with E-state index >= 15 is 0 Å². The summed E-state index contributed by atoms with van der Waals surface area (Å²) in [6, 6.07) is 15.8. The Kier molecular flexibility index (Phi) is 5.26. The first kappa shape index (κ1) is 18.0. The molecule has 5 nitrogen and oxygen atoms in total. The van der Waals surface area contributed by atoms with Gasteiger partial charge in [0, 0.05) is 37.3 Å². The lowest BCUT2D eigenvalue weighted by Gasteiger charge is -2.12. The highest BCUT2D eigenvalue weighted by Crippen LogP contribution is 2.20. The topological polar surface area (TPSA) is 50.2 Å². The van der Waals surface area contributed by atoms with Crippen LogP contribution in [0.3, 0.4) is 0 Å². The maximum atomic E-state index is 12.5. The average Bonchev–Trinajstić information content (AvgIpc) is 2.97. The molecule has 1 amide bonds. The summed E-state index contributed by atoms with van der Waals surface area (Å²) in [7, 11) is 3.96. The molecule has 26 heavy (non-hydrogen) atoms. The van der Waals surface area contributed by atoms with E-state index in [1.165, 1.54) is 0 Å². The van der Waals surface area contributed by atoms with Crippen molar-refractivity contribution < 1.29 is 4.79 Å². The van der Waals surface area contributed by atoms with E-state index in [1.807, 2.05) is 60.1 Å². The van der Waals surface area contributed by atoms with Gasteiger partial charge in [-0.05, 0) is 36.2 Å². The van der Waals surface area contributed by atoms with E-state index in [4.69, 9.17) is 5.10 Å². The predicted octanol–water partition coefficient (Wildman–Crippen LogP) is 3.69. The molecule has 5 heteroatoms. The van der Waals surface area contributed by atoms with Crippen molar-refractivity contribution in [1.82, 2.24) is 15.1 Å². The monoisotopic (exact) mass is 350 g/mol. The first-order valence-electron chi connectivity index (χ1n) is 8.95. The van der Waals surface area contributed by atoms with Crippen molar-refractivity contribution in [2.75, 3.05) is 19.0 Å². The molecule has 0 saturated heterocycles. The van der Waals surface area contributed by atoms with Gasteiger partial charge in [-0.3, -0.25) is 9.48 Å². The summed E-state index contributed by atoms with van der Waals surface area (Å²) in [6.45, 7) is 5.63. The van der Waals surface area contributed by atoms with Gasteiger partial charge in [-0.15, -0.1) is 0 Å². The lowest BCUT2D eigenvalue weighted by molar-refractivity contribution is 0.0950. The fourth-order valence-electron chi connectivity index (χ4n) is 2.99. The number of hydrogen-bond acceptors (Lipinski definition) is 3. The Hall–Kier alpha value is -2.82. The van der Waals surface area contributed by atoms with Crippen molar-refractivity contribution in [3.05, 3.63) is 59.8 Å². The van der Waals surface area contributed by atoms with Crippen LogP contribution in [0, 0.1) is 5.92 Å². The van der Waals surface area contributed by atoms with Gasteiger partial charge in [0.15, 0.2) is 0 Å². The van der Waals surface area contributed by atoms with Crippen LogP contribution in [0.5, 0.6) is 0 Å². The number of fused-ring (bicyclic) bond motifs is 1. The fraction of sp³-hybridized carbons (Fsp3) is 0.333. The Bertz CT molecular complexity index is 894. The van der Waals surface area contributed by atoms with E-state index in [0.717, 1.165) is 28.8 Å². The zero-order chi connectivity index (χ0) is 18.7. The molecule has 0 fully saturated rings. The Balaban J connectivity index is 1.76. The highest BCUT2D eigenvalue weighted by Gasteiger charge is 2.13. The average molecular weight is 350 g/mol. The molecule has 0 saturated carbocycles. The van der Waals surface area contributed by atoms with Crippen molar-refractivity contribution in [1.29, 1.82) is 0 Å². The molecular formula is C21H26N4O. The minimum atomic E-state index is -0.0854. The maximum Gasteiger partial charge on any atom is 0.251 e. The van der Waals surface area contributed by atoms with Gasteiger partial charge in [-0.2, -0.15) is 5.10 Å². The standard InChI is InChI=1S/C21H26N4O/c1-15(2)14-25-20-8-6-5-7-18(20)19(23-25)13-22-21(26)16-9-11-17(12-10-16)24(3)4/h5-12,15H,13-14H2,1-4H3,(H,22,26). The molecule has 1 heterocycles. The molecule has 3 aromatic rings. The lowest BCUT2D eigenvalue weighted by Crippen LogP contribution is -2.23. The first-order chi connectivity index (χ1) is 12.5. The Labute approximate surface area is 154 Å². The molecule has 1 N–H and O–H groups in total. The smallest absolute Gasteiger partial charge is 0.251 e. The summed E-state index contributed by atoms with van der Waals surface area (Å²) < 4.78 is 2.04. The highest BCUT2D eigenvalue weighted by molar-refractivity contribution is 5.94. The number of para-hydroxylation sites is 1. The van der Waals surface area contributed by atoms with E-state index in [2.05, 4.69) is 31.3 Å².